The van der Waals surface area contributed by atoms with E-state index in [-0.39, 0.29) is 0 Å². The molecule has 142 valence electrons. The van der Waals surface area contributed by atoms with Crippen LogP contribution in [0.1, 0.15) is 16.7 Å². The molecular weight excluding hydrogens is 380 g/mol. The molecule has 6 nitrogen and oxygen atoms in total. The van der Waals surface area contributed by atoms with Gasteiger partial charge in [-0.1, -0.05) is 36.0 Å². The zero-order valence-corrected chi connectivity index (χ0v) is 17.4. The first kappa shape index (κ1) is 19.4. The Hall–Kier alpha value is -2.32. The number of amidine groups is 1. The molecule has 1 aliphatic rings. The zero-order valence-electron chi connectivity index (χ0n) is 15.7. The molecule has 0 unspecified atom stereocenters. The standard InChI is InChI=1S/C19H22N4O2S2/c1-13-6-5-7-17(14(13)2)20-19-22-21-18(12-26-19)15-8-10-16(11-9-15)23(3)27(4,24)25/h5-11H,12H2,1-4H3,(H,20,22). The number of aryl methyl sites for hydroxylation is 1. The van der Waals surface area contributed by atoms with Crippen LogP contribution < -0.4 is 9.73 Å². The van der Waals surface area contributed by atoms with Gasteiger partial charge >= 0.3 is 0 Å². The van der Waals surface area contributed by atoms with E-state index < -0.39 is 10.0 Å². The predicted molar refractivity (Wildman–Crippen MR) is 115 cm³/mol. The fraction of sp³-hybridized carbons (Fsp3) is 0.263. The van der Waals surface area contributed by atoms with Crippen LogP contribution in [0.4, 0.5) is 11.4 Å². The van der Waals surface area contributed by atoms with Crippen molar-refractivity contribution in [1.29, 1.82) is 0 Å². The number of benzene rings is 2. The molecule has 0 spiro atoms. The third-order valence-electron chi connectivity index (χ3n) is 4.49. The summed E-state index contributed by atoms with van der Waals surface area (Å²) in [6.07, 6.45) is 1.18. The highest BCUT2D eigenvalue weighted by Crippen LogP contribution is 2.24. The summed E-state index contributed by atoms with van der Waals surface area (Å²) in [5.41, 5.74) is 8.80. The molecule has 2 aromatic carbocycles. The quantitative estimate of drug-likeness (QED) is 0.850. The molecule has 8 heteroatoms. The minimum absolute atomic E-state index is 0.621. The Labute approximate surface area is 164 Å². The van der Waals surface area contributed by atoms with Crippen LogP contribution >= 0.6 is 11.8 Å². The third-order valence-corrected chi connectivity index (χ3v) is 6.57. The van der Waals surface area contributed by atoms with Crippen molar-refractivity contribution in [2.75, 3.05) is 23.4 Å². The van der Waals surface area contributed by atoms with Gasteiger partial charge in [0.05, 0.1) is 23.3 Å². The van der Waals surface area contributed by atoms with E-state index >= 15 is 0 Å². The van der Waals surface area contributed by atoms with Crippen molar-refractivity contribution in [2.24, 2.45) is 10.1 Å². The van der Waals surface area contributed by atoms with Gasteiger partial charge in [0.2, 0.25) is 10.0 Å². The first-order valence-corrected chi connectivity index (χ1v) is 11.2. The molecule has 1 aliphatic heterocycles. The predicted octanol–water partition coefficient (Wildman–Crippen LogP) is 3.43. The van der Waals surface area contributed by atoms with Gasteiger partial charge in [-0.15, -0.1) is 0 Å². The van der Waals surface area contributed by atoms with Gasteiger partial charge in [0, 0.05) is 12.8 Å². The molecule has 0 fully saturated rings. The number of anilines is 1. The van der Waals surface area contributed by atoms with E-state index in [1.54, 1.807) is 23.9 Å². The first-order valence-electron chi connectivity index (χ1n) is 8.40. The van der Waals surface area contributed by atoms with E-state index in [4.69, 9.17) is 0 Å². The number of sulfonamides is 1. The lowest BCUT2D eigenvalue weighted by Gasteiger charge is -2.18. The number of aliphatic imine (C=N–C) groups is 1. The Morgan fingerprint density at radius 3 is 2.44 bits per heavy atom. The number of hydrogen-bond acceptors (Lipinski definition) is 5. The Morgan fingerprint density at radius 2 is 1.85 bits per heavy atom. The summed E-state index contributed by atoms with van der Waals surface area (Å²) in [6.45, 7) is 4.13. The summed E-state index contributed by atoms with van der Waals surface area (Å²) in [5, 5.41) is 5.20. The number of thioether (sulfide) groups is 1. The van der Waals surface area contributed by atoms with Gasteiger partial charge in [0.15, 0.2) is 5.17 Å². The van der Waals surface area contributed by atoms with Crippen molar-refractivity contribution >= 4 is 44.0 Å². The second kappa shape index (κ2) is 7.74. The molecule has 0 saturated heterocycles. The summed E-state index contributed by atoms with van der Waals surface area (Å²) in [7, 11) is -1.73. The number of nitrogens with zero attached hydrogens (tertiary/aromatic N) is 3. The maximum absolute atomic E-state index is 11.6. The van der Waals surface area contributed by atoms with E-state index in [1.165, 1.54) is 23.2 Å². The summed E-state index contributed by atoms with van der Waals surface area (Å²) in [5.74, 6) is 0.692. The van der Waals surface area contributed by atoms with Gasteiger partial charge < -0.3 is 0 Å². The monoisotopic (exact) mass is 402 g/mol. The van der Waals surface area contributed by atoms with Crippen LogP contribution in [0.2, 0.25) is 0 Å². The van der Waals surface area contributed by atoms with Crippen LogP contribution in [-0.4, -0.2) is 38.4 Å². The van der Waals surface area contributed by atoms with Gasteiger partial charge in [-0.2, -0.15) is 5.10 Å². The average Bonchev–Trinajstić information content (AvgIpc) is 2.65. The summed E-state index contributed by atoms with van der Waals surface area (Å²) >= 11 is 1.59. The largest absolute Gasteiger partial charge is 0.274 e. The first-order chi connectivity index (χ1) is 12.8. The van der Waals surface area contributed by atoms with Crippen molar-refractivity contribution in [3.8, 4) is 0 Å². The highest BCUT2D eigenvalue weighted by Gasteiger charge is 2.15. The number of rotatable bonds is 4. The van der Waals surface area contributed by atoms with Crippen LogP contribution in [0.15, 0.2) is 52.6 Å². The highest BCUT2D eigenvalue weighted by atomic mass is 32.2. The molecule has 0 saturated carbocycles. The SMILES string of the molecule is Cc1cccc(N=C2NN=C(c3ccc(N(C)S(C)(=O)=O)cc3)CS2)c1C. The van der Waals surface area contributed by atoms with Crippen molar-refractivity contribution in [3.63, 3.8) is 0 Å². The molecule has 0 bridgehead atoms. The lowest BCUT2D eigenvalue weighted by atomic mass is 10.1. The average molecular weight is 403 g/mol. The van der Waals surface area contributed by atoms with Gasteiger partial charge in [-0.05, 0) is 48.7 Å². The van der Waals surface area contributed by atoms with Crippen LogP contribution in [-0.2, 0) is 10.0 Å². The van der Waals surface area contributed by atoms with Crippen molar-refractivity contribution in [1.82, 2.24) is 5.43 Å². The molecule has 0 amide bonds. The summed E-state index contributed by atoms with van der Waals surface area (Å²) in [4.78, 5) is 4.66. The fourth-order valence-corrected chi connectivity index (χ4v) is 3.83. The van der Waals surface area contributed by atoms with Gasteiger partial charge in [0.1, 0.15) is 0 Å². The summed E-state index contributed by atoms with van der Waals surface area (Å²) < 4.78 is 24.5. The Balaban J connectivity index is 1.75. The van der Waals surface area contributed by atoms with Crippen molar-refractivity contribution < 1.29 is 8.42 Å². The van der Waals surface area contributed by atoms with E-state index in [2.05, 4.69) is 35.4 Å². The normalized spacial score (nSPS) is 16.0. The van der Waals surface area contributed by atoms with Gasteiger partial charge in [0.25, 0.3) is 0 Å². The molecule has 3 rings (SSSR count). The molecular formula is C19H22N4O2S2. The Bertz CT molecular complexity index is 1010. The molecule has 0 atom stereocenters. The van der Waals surface area contributed by atoms with Crippen LogP contribution in [0.25, 0.3) is 0 Å². The minimum Gasteiger partial charge on any atom is -0.274 e. The van der Waals surface area contributed by atoms with Gasteiger partial charge in [-0.25, -0.2) is 13.4 Å². The molecule has 2 aromatic rings. The molecule has 0 radical (unpaired) electrons. The minimum atomic E-state index is -3.27. The van der Waals surface area contributed by atoms with Gasteiger partial charge in [-0.3, -0.25) is 9.73 Å². The number of hydrogen-bond donors (Lipinski definition) is 1. The summed E-state index contributed by atoms with van der Waals surface area (Å²) in [6, 6.07) is 13.4. The van der Waals surface area contributed by atoms with E-state index in [1.807, 2.05) is 24.3 Å². The smallest absolute Gasteiger partial charge is 0.231 e. The van der Waals surface area contributed by atoms with E-state index in [0.717, 1.165) is 27.7 Å². The molecule has 27 heavy (non-hydrogen) atoms. The Kier molecular flexibility index (Phi) is 5.57. The van der Waals surface area contributed by atoms with E-state index in [9.17, 15) is 8.42 Å². The van der Waals surface area contributed by atoms with Crippen molar-refractivity contribution in [2.45, 2.75) is 13.8 Å². The lowest BCUT2D eigenvalue weighted by molar-refractivity contribution is 0.600. The number of hydrazone groups is 1. The molecule has 1 N–H and O–H groups in total. The maximum Gasteiger partial charge on any atom is 0.231 e. The van der Waals surface area contributed by atoms with Crippen molar-refractivity contribution in [3.05, 3.63) is 59.2 Å². The molecule has 1 heterocycles. The topological polar surface area (TPSA) is 74.1 Å². The molecule has 0 aromatic heterocycles. The maximum atomic E-state index is 11.6. The van der Waals surface area contributed by atoms with Crippen LogP contribution in [0, 0.1) is 13.8 Å². The van der Waals surface area contributed by atoms with E-state index in [0.29, 0.717) is 11.4 Å². The zero-order chi connectivity index (χ0) is 19.6. The number of nitrogens with one attached hydrogen (secondary N) is 1. The van der Waals surface area contributed by atoms with Crippen LogP contribution in [0.3, 0.4) is 0 Å². The molecule has 0 aliphatic carbocycles. The van der Waals surface area contributed by atoms with Crippen LogP contribution in [0.5, 0.6) is 0 Å². The second-order valence-electron chi connectivity index (χ2n) is 6.37. The second-order valence-corrected chi connectivity index (χ2v) is 9.35. The highest BCUT2D eigenvalue weighted by molar-refractivity contribution is 8.14. The Morgan fingerprint density at radius 1 is 1.15 bits per heavy atom. The fourth-order valence-electron chi connectivity index (χ4n) is 2.54. The third kappa shape index (κ3) is 4.51. The lowest BCUT2D eigenvalue weighted by Crippen LogP contribution is -2.26.